The molecule has 0 unspecified atom stereocenters. The van der Waals surface area contributed by atoms with E-state index in [2.05, 4.69) is 10.6 Å². The topological polar surface area (TPSA) is 84.5 Å². The van der Waals surface area contributed by atoms with Crippen molar-refractivity contribution >= 4 is 23.3 Å². The lowest BCUT2D eigenvalue weighted by Gasteiger charge is -2.15. The number of amides is 2. The zero-order valence-corrected chi connectivity index (χ0v) is 13.5. The Balaban J connectivity index is 1.91. The van der Waals surface area contributed by atoms with Crippen LogP contribution >= 0.6 is 0 Å². The average molecular weight is 318 g/mol. The van der Waals surface area contributed by atoms with Gasteiger partial charge in [-0.25, -0.2) is 0 Å². The van der Waals surface area contributed by atoms with E-state index in [1.165, 1.54) is 6.92 Å². The summed E-state index contributed by atoms with van der Waals surface area (Å²) in [4.78, 5) is 35.8. The highest BCUT2D eigenvalue weighted by molar-refractivity contribution is 6.13. The number of ketones is 1. The van der Waals surface area contributed by atoms with Crippen LogP contribution in [0.25, 0.3) is 0 Å². The first-order valence-electron chi connectivity index (χ1n) is 7.69. The Morgan fingerprint density at radius 1 is 1.13 bits per heavy atom. The van der Waals surface area contributed by atoms with E-state index in [4.69, 9.17) is 4.74 Å². The summed E-state index contributed by atoms with van der Waals surface area (Å²) >= 11 is 0. The van der Waals surface area contributed by atoms with Crippen LogP contribution in [0, 0.1) is 5.41 Å². The Bertz CT molecular complexity index is 591. The Kier molecular flexibility index (Phi) is 5.50. The number of ether oxygens (including phenoxy) is 1. The first-order valence-corrected chi connectivity index (χ1v) is 7.69. The maximum absolute atomic E-state index is 12.4. The summed E-state index contributed by atoms with van der Waals surface area (Å²) < 4.78 is 4.92. The van der Waals surface area contributed by atoms with Gasteiger partial charge in [-0.2, -0.15) is 0 Å². The van der Waals surface area contributed by atoms with Gasteiger partial charge in [0.15, 0.2) is 5.78 Å². The molecule has 1 aromatic carbocycles. The SMILES string of the molecule is COCCCNC(=O)C1(C(=O)Nc2ccc(C(C)=O)cc2)CC1. The minimum Gasteiger partial charge on any atom is -0.385 e. The third-order valence-corrected chi connectivity index (χ3v) is 3.98. The smallest absolute Gasteiger partial charge is 0.240 e. The van der Waals surface area contributed by atoms with Gasteiger partial charge in [0.05, 0.1) is 0 Å². The van der Waals surface area contributed by atoms with Gasteiger partial charge in [0, 0.05) is 31.5 Å². The number of benzene rings is 1. The fourth-order valence-corrected chi connectivity index (χ4v) is 2.31. The fourth-order valence-electron chi connectivity index (χ4n) is 2.31. The molecule has 2 N–H and O–H groups in total. The highest BCUT2D eigenvalue weighted by Crippen LogP contribution is 2.46. The maximum atomic E-state index is 12.4. The Hall–Kier alpha value is -2.21. The zero-order valence-electron chi connectivity index (χ0n) is 13.5. The van der Waals surface area contributed by atoms with Crippen LogP contribution in [-0.4, -0.2) is 37.9 Å². The standard InChI is InChI=1S/C17H22N2O4/c1-12(20)13-4-6-14(7-5-13)19-16(22)17(8-9-17)15(21)18-10-3-11-23-2/h4-7H,3,8-11H2,1-2H3,(H,18,21)(H,19,22). The predicted molar refractivity (Wildman–Crippen MR) is 86.2 cm³/mol. The van der Waals surface area contributed by atoms with Gasteiger partial charge >= 0.3 is 0 Å². The lowest BCUT2D eigenvalue weighted by molar-refractivity contribution is -0.134. The molecule has 0 spiro atoms. The number of hydrogen-bond donors (Lipinski definition) is 2. The van der Waals surface area contributed by atoms with Gasteiger partial charge in [-0.3, -0.25) is 14.4 Å². The van der Waals surface area contributed by atoms with E-state index in [0.717, 1.165) is 0 Å². The van der Waals surface area contributed by atoms with E-state index in [1.807, 2.05) is 0 Å². The molecular weight excluding hydrogens is 296 g/mol. The van der Waals surface area contributed by atoms with Gasteiger partial charge in [0.25, 0.3) is 0 Å². The molecule has 6 heteroatoms. The molecular formula is C17H22N2O4. The first kappa shape index (κ1) is 17.1. The number of hydrogen-bond acceptors (Lipinski definition) is 4. The molecule has 1 saturated carbocycles. The van der Waals surface area contributed by atoms with E-state index in [9.17, 15) is 14.4 Å². The predicted octanol–water partition coefficient (Wildman–Crippen LogP) is 1.76. The molecule has 0 radical (unpaired) electrons. The molecule has 2 amide bonds. The Labute approximate surface area is 135 Å². The highest BCUT2D eigenvalue weighted by Gasteiger charge is 2.56. The van der Waals surface area contributed by atoms with E-state index in [0.29, 0.717) is 43.7 Å². The minimum atomic E-state index is -0.952. The summed E-state index contributed by atoms with van der Waals surface area (Å²) in [7, 11) is 1.61. The van der Waals surface area contributed by atoms with Gasteiger partial charge < -0.3 is 15.4 Å². The molecule has 1 aliphatic rings. The van der Waals surface area contributed by atoms with Crippen molar-refractivity contribution in [1.82, 2.24) is 5.32 Å². The fraction of sp³-hybridized carbons (Fsp3) is 0.471. The monoisotopic (exact) mass is 318 g/mol. The summed E-state index contributed by atoms with van der Waals surface area (Å²) in [6, 6.07) is 6.65. The maximum Gasteiger partial charge on any atom is 0.240 e. The van der Waals surface area contributed by atoms with Gasteiger partial charge in [-0.1, -0.05) is 0 Å². The van der Waals surface area contributed by atoms with Crippen LogP contribution in [0.3, 0.4) is 0 Å². The van der Waals surface area contributed by atoms with E-state index < -0.39 is 5.41 Å². The number of nitrogens with one attached hydrogen (secondary N) is 2. The summed E-state index contributed by atoms with van der Waals surface area (Å²) in [6.45, 7) is 2.55. The van der Waals surface area contributed by atoms with Crippen LogP contribution in [0.5, 0.6) is 0 Å². The number of anilines is 1. The molecule has 0 heterocycles. The second-order valence-corrected chi connectivity index (χ2v) is 5.77. The van der Waals surface area contributed by atoms with Gasteiger partial charge in [0.1, 0.15) is 5.41 Å². The zero-order chi connectivity index (χ0) is 16.9. The molecule has 0 aromatic heterocycles. The van der Waals surface area contributed by atoms with Crippen LogP contribution in [-0.2, 0) is 14.3 Å². The summed E-state index contributed by atoms with van der Waals surface area (Å²) in [5.41, 5.74) is 0.213. The van der Waals surface area contributed by atoms with Crippen molar-refractivity contribution in [2.45, 2.75) is 26.2 Å². The van der Waals surface area contributed by atoms with Crippen molar-refractivity contribution in [3.8, 4) is 0 Å². The van der Waals surface area contributed by atoms with E-state index >= 15 is 0 Å². The van der Waals surface area contributed by atoms with E-state index in [-0.39, 0.29) is 17.6 Å². The van der Waals surface area contributed by atoms with Crippen molar-refractivity contribution in [2.75, 3.05) is 25.6 Å². The van der Waals surface area contributed by atoms with Crippen molar-refractivity contribution in [3.63, 3.8) is 0 Å². The average Bonchev–Trinajstić information content (AvgIpc) is 3.34. The van der Waals surface area contributed by atoms with E-state index in [1.54, 1.807) is 31.4 Å². The number of rotatable bonds is 8. The molecule has 0 bridgehead atoms. The molecule has 2 rings (SSSR count). The van der Waals surface area contributed by atoms with Crippen molar-refractivity contribution in [3.05, 3.63) is 29.8 Å². The molecule has 124 valence electrons. The van der Waals surface area contributed by atoms with Crippen LogP contribution < -0.4 is 10.6 Å². The largest absolute Gasteiger partial charge is 0.385 e. The number of carbonyl (C=O) groups excluding carboxylic acids is 3. The van der Waals surface area contributed by atoms with Gasteiger partial charge in [-0.15, -0.1) is 0 Å². The Morgan fingerprint density at radius 3 is 2.30 bits per heavy atom. The van der Waals surface area contributed by atoms with Crippen LogP contribution in [0.4, 0.5) is 5.69 Å². The van der Waals surface area contributed by atoms with Crippen molar-refractivity contribution in [2.24, 2.45) is 5.41 Å². The lowest BCUT2D eigenvalue weighted by atomic mass is 10.0. The van der Waals surface area contributed by atoms with Crippen LogP contribution in [0.1, 0.15) is 36.5 Å². The summed E-state index contributed by atoms with van der Waals surface area (Å²) in [5, 5.41) is 5.54. The molecule has 6 nitrogen and oxygen atoms in total. The summed E-state index contributed by atoms with van der Waals surface area (Å²) in [5.74, 6) is -0.555. The highest BCUT2D eigenvalue weighted by atomic mass is 16.5. The van der Waals surface area contributed by atoms with Crippen molar-refractivity contribution < 1.29 is 19.1 Å². The molecule has 23 heavy (non-hydrogen) atoms. The molecule has 0 saturated heterocycles. The molecule has 1 aromatic rings. The first-order chi connectivity index (χ1) is 11.0. The lowest BCUT2D eigenvalue weighted by Crippen LogP contribution is -2.40. The molecule has 1 aliphatic carbocycles. The van der Waals surface area contributed by atoms with Crippen molar-refractivity contribution in [1.29, 1.82) is 0 Å². The number of methoxy groups -OCH3 is 1. The molecule has 0 atom stereocenters. The third-order valence-electron chi connectivity index (χ3n) is 3.98. The van der Waals surface area contributed by atoms with Crippen LogP contribution in [0.2, 0.25) is 0 Å². The number of Topliss-reactive ketones (excluding diaryl/α,β-unsaturated/α-hetero) is 1. The normalized spacial score (nSPS) is 14.9. The van der Waals surface area contributed by atoms with Gasteiger partial charge in [-0.05, 0) is 50.5 Å². The van der Waals surface area contributed by atoms with Gasteiger partial charge in [0.2, 0.25) is 11.8 Å². The summed E-state index contributed by atoms with van der Waals surface area (Å²) in [6.07, 6.45) is 1.83. The Morgan fingerprint density at radius 2 is 1.78 bits per heavy atom. The van der Waals surface area contributed by atoms with Crippen LogP contribution in [0.15, 0.2) is 24.3 Å². The number of carbonyl (C=O) groups is 3. The second kappa shape index (κ2) is 7.37. The minimum absolute atomic E-state index is 0.0306. The molecule has 0 aliphatic heterocycles. The molecule has 1 fully saturated rings. The quantitative estimate of drug-likeness (QED) is 0.434. The third kappa shape index (κ3) is 4.16. The second-order valence-electron chi connectivity index (χ2n) is 5.77.